The summed E-state index contributed by atoms with van der Waals surface area (Å²) in [6.45, 7) is 10.1. The van der Waals surface area contributed by atoms with Crippen LogP contribution in [0.4, 0.5) is 0 Å². The van der Waals surface area contributed by atoms with E-state index in [1.165, 1.54) is 106 Å². The molecule has 5 aliphatic rings. The molecule has 0 nitrogen and oxygen atoms in total. The van der Waals surface area contributed by atoms with E-state index >= 15 is 0 Å². The molecule has 3 aliphatic carbocycles. The van der Waals surface area contributed by atoms with Gasteiger partial charge in [0, 0.05) is 30.1 Å². The summed E-state index contributed by atoms with van der Waals surface area (Å²) < 4.78 is 0.672. The van der Waals surface area contributed by atoms with Gasteiger partial charge in [0.25, 0.3) is 0 Å². The van der Waals surface area contributed by atoms with Gasteiger partial charge < -0.3 is 0 Å². The summed E-state index contributed by atoms with van der Waals surface area (Å²) in [6, 6.07) is 29.2. The highest BCUT2D eigenvalue weighted by Crippen LogP contribution is 2.64. The molecule has 9 rings (SSSR count). The van der Waals surface area contributed by atoms with Gasteiger partial charge in [-0.1, -0.05) is 75.9 Å². The lowest BCUT2D eigenvalue weighted by Crippen LogP contribution is -2.43. The van der Waals surface area contributed by atoms with Crippen LogP contribution in [-0.2, 0) is 17.3 Å². The number of fused-ring (bicyclic) bond motifs is 9. The van der Waals surface area contributed by atoms with Crippen LogP contribution in [0.5, 0.6) is 0 Å². The highest BCUT2D eigenvalue weighted by Gasteiger charge is 2.54. The van der Waals surface area contributed by atoms with Gasteiger partial charge >= 0.3 is 0 Å². The maximum atomic E-state index is 2.55. The molecule has 2 heterocycles. The number of rotatable bonds is 2. The fraction of sp³-hybridized carbons (Fsp3) is 0.415. The summed E-state index contributed by atoms with van der Waals surface area (Å²) in [7, 11) is 0. The van der Waals surface area contributed by atoms with Gasteiger partial charge in [0.1, 0.15) is 0 Å². The second-order valence-electron chi connectivity index (χ2n) is 15.1. The largest absolute Gasteiger partial charge is 0.118 e. The smallest absolute Gasteiger partial charge is 0.0273 e. The number of hydrogen-bond donors (Lipinski definition) is 0. The maximum Gasteiger partial charge on any atom is 0.0273 e. The Bertz CT molecular complexity index is 1700. The normalized spacial score (nSPS) is 31.5. The van der Waals surface area contributed by atoms with Crippen molar-refractivity contribution in [3.05, 3.63) is 95.1 Å². The minimum absolute atomic E-state index is 0.278. The van der Waals surface area contributed by atoms with Crippen LogP contribution in [0.2, 0.25) is 0 Å². The average Bonchev–Trinajstić information content (AvgIpc) is 3.58. The Labute approximate surface area is 266 Å². The number of hydrogen-bond acceptors (Lipinski definition) is 2. The topological polar surface area (TPSA) is 0 Å². The lowest BCUT2D eigenvalue weighted by Gasteiger charge is -2.45. The predicted molar refractivity (Wildman–Crippen MR) is 186 cm³/mol. The Kier molecular flexibility index (Phi) is 5.68. The minimum Gasteiger partial charge on any atom is -0.118 e. The molecule has 0 amide bonds. The van der Waals surface area contributed by atoms with E-state index in [0.717, 1.165) is 6.42 Å². The van der Waals surface area contributed by atoms with Crippen molar-refractivity contribution in [1.29, 1.82) is 0 Å². The Morgan fingerprint density at radius 2 is 0.860 bits per heavy atom. The fourth-order valence-electron chi connectivity index (χ4n) is 9.60. The third kappa shape index (κ3) is 3.66. The standard InChI is InChI=1S/C41H42S2/c1-38-17-5-7-19-40(38,3)42-36-15-13-28(24-34(36)38)26-9-11-30-21-31-12-10-27(23-33(31)32(30)22-26)29-14-16-37-35(25-29)39(2)18-6-8-20-41(39,4)43-37/h9-16,22-25H,5-8,17-21H2,1-4H3. The van der Waals surface area contributed by atoms with Crippen LogP contribution in [0.1, 0.15) is 101 Å². The van der Waals surface area contributed by atoms with Crippen LogP contribution >= 0.6 is 23.5 Å². The molecule has 2 fully saturated rings. The molecular weight excluding hydrogens is 557 g/mol. The molecule has 2 aliphatic heterocycles. The number of benzene rings is 4. The summed E-state index contributed by atoms with van der Waals surface area (Å²) in [4.78, 5) is 3.03. The van der Waals surface area contributed by atoms with Crippen molar-refractivity contribution in [1.82, 2.24) is 0 Å². The monoisotopic (exact) mass is 598 g/mol. The first-order valence-electron chi connectivity index (χ1n) is 16.6. The minimum atomic E-state index is 0.278. The molecule has 4 aromatic carbocycles. The fourth-order valence-corrected chi connectivity index (χ4v) is 13.0. The molecule has 0 spiro atoms. The second-order valence-corrected chi connectivity index (χ2v) is 18.2. The van der Waals surface area contributed by atoms with Crippen molar-refractivity contribution in [2.24, 2.45) is 0 Å². The van der Waals surface area contributed by atoms with Gasteiger partial charge in [-0.3, -0.25) is 0 Å². The molecule has 0 aromatic heterocycles. The molecule has 2 saturated carbocycles. The third-order valence-electron chi connectivity index (χ3n) is 12.9. The molecule has 43 heavy (non-hydrogen) atoms. The van der Waals surface area contributed by atoms with Crippen LogP contribution in [0.3, 0.4) is 0 Å². The molecule has 4 atom stereocenters. The predicted octanol–water partition coefficient (Wildman–Crippen LogP) is 12.0. The third-order valence-corrected chi connectivity index (χ3v) is 16.2. The molecule has 0 N–H and O–H groups in total. The van der Waals surface area contributed by atoms with Gasteiger partial charge in [-0.2, -0.15) is 0 Å². The van der Waals surface area contributed by atoms with Gasteiger partial charge in [-0.05, 0) is 138 Å². The first kappa shape index (κ1) is 26.9. The Hall–Kier alpha value is -2.42. The zero-order valence-corrected chi connectivity index (χ0v) is 27.7. The molecule has 218 valence electrons. The first-order valence-corrected chi connectivity index (χ1v) is 18.3. The van der Waals surface area contributed by atoms with Gasteiger partial charge in [-0.15, -0.1) is 23.5 Å². The summed E-state index contributed by atoms with van der Waals surface area (Å²) in [5.41, 5.74) is 15.0. The van der Waals surface area contributed by atoms with E-state index in [-0.39, 0.29) is 10.8 Å². The van der Waals surface area contributed by atoms with Gasteiger partial charge in [-0.25, -0.2) is 0 Å². The Morgan fingerprint density at radius 1 is 0.465 bits per heavy atom. The first-order chi connectivity index (χ1) is 20.7. The second kappa shape index (κ2) is 9.07. The number of thioether (sulfide) groups is 2. The zero-order chi connectivity index (χ0) is 29.2. The molecule has 0 saturated heterocycles. The lowest BCUT2D eigenvalue weighted by atomic mass is 9.64. The van der Waals surface area contributed by atoms with Crippen molar-refractivity contribution in [3.63, 3.8) is 0 Å². The summed E-state index contributed by atoms with van der Waals surface area (Å²) in [5.74, 6) is 0. The van der Waals surface area contributed by atoms with E-state index in [9.17, 15) is 0 Å². The lowest BCUT2D eigenvalue weighted by molar-refractivity contribution is 0.260. The van der Waals surface area contributed by atoms with E-state index in [1.54, 1.807) is 11.1 Å². The Morgan fingerprint density at radius 3 is 1.33 bits per heavy atom. The van der Waals surface area contributed by atoms with E-state index in [0.29, 0.717) is 9.49 Å². The van der Waals surface area contributed by atoms with Crippen LogP contribution in [0, 0.1) is 0 Å². The SMILES string of the molecule is CC12CCCCC1(C)c1cc(-c3ccc4c(c3)-c3cc(-c5ccc6c(c5)C5(C)CCCCC5(C)S6)ccc3C4)ccc1S2. The summed E-state index contributed by atoms with van der Waals surface area (Å²) in [6.07, 6.45) is 11.8. The van der Waals surface area contributed by atoms with Crippen LogP contribution < -0.4 is 0 Å². The van der Waals surface area contributed by atoms with Crippen molar-refractivity contribution >= 4 is 23.5 Å². The molecule has 0 radical (unpaired) electrons. The highest BCUT2D eigenvalue weighted by molar-refractivity contribution is 8.01. The summed E-state index contributed by atoms with van der Waals surface area (Å²) >= 11 is 4.29. The molecule has 4 aromatic rings. The molecule has 0 bridgehead atoms. The van der Waals surface area contributed by atoms with E-state index in [2.05, 4.69) is 124 Å². The van der Waals surface area contributed by atoms with Crippen molar-refractivity contribution < 1.29 is 0 Å². The van der Waals surface area contributed by atoms with Gasteiger partial charge in [0.2, 0.25) is 0 Å². The van der Waals surface area contributed by atoms with Crippen LogP contribution in [-0.4, -0.2) is 9.49 Å². The molecule has 4 unspecified atom stereocenters. The van der Waals surface area contributed by atoms with Gasteiger partial charge in [0.05, 0.1) is 0 Å². The summed E-state index contributed by atoms with van der Waals surface area (Å²) in [5, 5.41) is 0. The average molecular weight is 599 g/mol. The Balaban J connectivity index is 1.09. The highest BCUT2D eigenvalue weighted by atomic mass is 32.2. The van der Waals surface area contributed by atoms with Crippen molar-refractivity contribution in [3.8, 4) is 33.4 Å². The molecule has 2 heteroatoms. The van der Waals surface area contributed by atoms with E-state index in [4.69, 9.17) is 0 Å². The van der Waals surface area contributed by atoms with Crippen molar-refractivity contribution in [2.75, 3.05) is 0 Å². The van der Waals surface area contributed by atoms with E-state index < -0.39 is 0 Å². The molecular formula is C41H42S2. The van der Waals surface area contributed by atoms with Crippen molar-refractivity contribution in [2.45, 2.75) is 116 Å². The van der Waals surface area contributed by atoms with Gasteiger partial charge in [0.15, 0.2) is 0 Å². The maximum absolute atomic E-state index is 2.55. The zero-order valence-electron chi connectivity index (χ0n) is 26.1. The van der Waals surface area contributed by atoms with Crippen LogP contribution in [0.25, 0.3) is 33.4 Å². The van der Waals surface area contributed by atoms with E-state index in [1.807, 2.05) is 0 Å². The quantitative estimate of drug-likeness (QED) is 0.198. The van der Waals surface area contributed by atoms with Crippen LogP contribution in [0.15, 0.2) is 82.6 Å².